The first-order valence-electron chi connectivity index (χ1n) is 6.26. The zero-order valence-corrected chi connectivity index (χ0v) is 11.6. The molecule has 1 rings (SSSR count). The van der Waals surface area contributed by atoms with Crippen molar-refractivity contribution in [3.63, 3.8) is 0 Å². The number of hydrogen-bond acceptors (Lipinski definition) is 4. The van der Waals surface area contributed by atoms with E-state index in [1.165, 1.54) is 0 Å². The Morgan fingerprint density at radius 1 is 1.42 bits per heavy atom. The number of carboxylic acids is 1. The van der Waals surface area contributed by atoms with E-state index in [1.54, 1.807) is 32.2 Å². The van der Waals surface area contributed by atoms with Gasteiger partial charge in [0.2, 0.25) is 0 Å². The van der Waals surface area contributed by atoms with Gasteiger partial charge < -0.3 is 14.6 Å². The lowest BCUT2D eigenvalue weighted by molar-refractivity contribution is -0.144. The molecule has 1 atom stereocenters. The second-order valence-electron chi connectivity index (χ2n) is 4.28. The Kier molecular flexibility index (Phi) is 5.79. The van der Waals surface area contributed by atoms with E-state index in [4.69, 9.17) is 9.47 Å². The fourth-order valence-electron chi connectivity index (χ4n) is 1.85. The fraction of sp³-hybridized carbons (Fsp3) is 0.500. The summed E-state index contributed by atoms with van der Waals surface area (Å²) in [7, 11) is 1.58. The molecule has 1 unspecified atom stereocenters. The van der Waals surface area contributed by atoms with E-state index in [-0.39, 0.29) is 0 Å². The van der Waals surface area contributed by atoms with Crippen LogP contribution in [0.15, 0.2) is 24.3 Å². The predicted molar refractivity (Wildman–Crippen MR) is 72.5 cm³/mol. The molecule has 1 aromatic rings. The van der Waals surface area contributed by atoms with Gasteiger partial charge in [-0.15, -0.1) is 0 Å². The molecular weight excluding hydrogens is 246 g/mol. The van der Waals surface area contributed by atoms with Crippen molar-refractivity contribution in [2.75, 3.05) is 26.9 Å². The molecule has 0 saturated carbocycles. The third-order valence-corrected chi connectivity index (χ3v) is 2.94. The van der Waals surface area contributed by atoms with Crippen molar-refractivity contribution in [3.05, 3.63) is 29.8 Å². The van der Waals surface area contributed by atoms with Crippen LogP contribution in [0.5, 0.6) is 5.75 Å². The first-order chi connectivity index (χ1) is 9.06. The molecule has 0 fully saturated rings. The van der Waals surface area contributed by atoms with E-state index < -0.39 is 11.5 Å². The van der Waals surface area contributed by atoms with Crippen LogP contribution in [0.4, 0.5) is 0 Å². The summed E-state index contributed by atoms with van der Waals surface area (Å²) in [4.78, 5) is 11.6. The van der Waals surface area contributed by atoms with Crippen molar-refractivity contribution in [1.29, 1.82) is 0 Å². The van der Waals surface area contributed by atoms with Gasteiger partial charge in [0.25, 0.3) is 0 Å². The van der Waals surface area contributed by atoms with E-state index in [9.17, 15) is 9.90 Å². The SMILES string of the molecule is CCOc1ccccc1C(C)(NCCOC)C(=O)O. The van der Waals surface area contributed by atoms with Crippen LogP contribution in [0.2, 0.25) is 0 Å². The Morgan fingerprint density at radius 3 is 2.68 bits per heavy atom. The molecule has 0 aliphatic carbocycles. The highest BCUT2D eigenvalue weighted by Crippen LogP contribution is 2.30. The summed E-state index contributed by atoms with van der Waals surface area (Å²) < 4.78 is 10.4. The summed E-state index contributed by atoms with van der Waals surface area (Å²) in [6.45, 7) is 4.88. The molecule has 0 saturated heterocycles. The lowest BCUT2D eigenvalue weighted by atomic mass is 9.91. The van der Waals surface area contributed by atoms with Gasteiger partial charge in [-0.2, -0.15) is 0 Å². The van der Waals surface area contributed by atoms with Gasteiger partial charge in [0.15, 0.2) is 0 Å². The Morgan fingerprint density at radius 2 is 2.11 bits per heavy atom. The molecule has 106 valence electrons. The summed E-state index contributed by atoms with van der Waals surface area (Å²) in [5.74, 6) is -0.365. The third-order valence-electron chi connectivity index (χ3n) is 2.94. The minimum Gasteiger partial charge on any atom is -0.494 e. The maximum absolute atomic E-state index is 11.6. The molecule has 2 N–H and O–H groups in total. The Bertz CT molecular complexity index is 422. The molecule has 1 aromatic carbocycles. The van der Waals surface area contributed by atoms with Crippen molar-refractivity contribution in [1.82, 2.24) is 5.32 Å². The molecule has 5 nitrogen and oxygen atoms in total. The largest absolute Gasteiger partial charge is 0.494 e. The lowest BCUT2D eigenvalue weighted by Crippen LogP contribution is -2.48. The van der Waals surface area contributed by atoms with Crippen LogP contribution < -0.4 is 10.1 Å². The highest BCUT2D eigenvalue weighted by Gasteiger charge is 2.37. The van der Waals surface area contributed by atoms with Crippen molar-refractivity contribution >= 4 is 5.97 Å². The molecule has 0 radical (unpaired) electrons. The van der Waals surface area contributed by atoms with Crippen LogP contribution in [-0.4, -0.2) is 37.9 Å². The van der Waals surface area contributed by atoms with Crippen LogP contribution in [-0.2, 0) is 15.1 Å². The summed E-state index contributed by atoms with van der Waals surface area (Å²) in [6, 6.07) is 7.17. The number of hydrogen-bond donors (Lipinski definition) is 2. The number of ether oxygens (including phenoxy) is 2. The summed E-state index contributed by atoms with van der Waals surface area (Å²) >= 11 is 0. The second kappa shape index (κ2) is 7.11. The molecular formula is C14H21NO4. The number of aliphatic carboxylic acids is 1. The minimum atomic E-state index is -1.20. The van der Waals surface area contributed by atoms with E-state index in [0.29, 0.717) is 31.1 Å². The third kappa shape index (κ3) is 3.68. The lowest BCUT2D eigenvalue weighted by Gasteiger charge is -2.28. The summed E-state index contributed by atoms with van der Waals surface area (Å²) in [6.07, 6.45) is 0. The van der Waals surface area contributed by atoms with Gasteiger partial charge >= 0.3 is 5.97 Å². The molecule has 0 aliphatic rings. The Labute approximate surface area is 113 Å². The molecule has 0 spiro atoms. The van der Waals surface area contributed by atoms with Crippen LogP contribution >= 0.6 is 0 Å². The number of para-hydroxylation sites is 1. The van der Waals surface area contributed by atoms with Crippen LogP contribution in [0.1, 0.15) is 19.4 Å². The molecule has 0 bridgehead atoms. The fourth-order valence-corrected chi connectivity index (χ4v) is 1.85. The summed E-state index contributed by atoms with van der Waals surface area (Å²) in [5.41, 5.74) is -0.593. The van der Waals surface area contributed by atoms with E-state index in [2.05, 4.69) is 5.32 Å². The minimum absolute atomic E-state index is 0.444. The zero-order valence-electron chi connectivity index (χ0n) is 11.6. The molecule has 5 heteroatoms. The van der Waals surface area contributed by atoms with Gasteiger partial charge in [0.1, 0.15) is 11.3 Å². The quantitative estimate of drug-likeness (QED) is 0.701. The molecule has 0 aromatic heterocycles. The first kappa shape index (κ1) is 15.5. The van der Waals surface area contributed by atoms with Gasteiger partial charge in [-0.3, -0.25) is 5.32 Å². The average molecular weight is 267 g/mol. The highest BCUT2D eigenvalue weighted by molar-refractivity contribution is 5.81. The highest BCUT2D eigenvalue weighted by atomic mass is 16.5. The van der Waals surface area contributed by atoms with Gasteiger partial charge in [-0.25, -0.2) is 4.79 Å². The maximum atomic E-state index is 11.6. The Hall–Kier alpha value is -1.59. The molecule has 0 heterocycles. The number of nitrogens with one attached hydrogen (secondary N) is 1. The van der Waals surface area contributed by atoms with E-state index in [0.717, 1.165) is 0 Å². The normalized spacial score (nSPS) is 13.8. The van der Waals surface area contributed by atoms with Crippen molar-refractivity contribution < 1.29 is 19.4 Å². The Balaban J connectivity index is 3.07. The first-order valence-corrected chi connectivity index (χ1v) is 6.26. The number of methoxy groups -OCH3 is 1. The van der Waals surface area contributed by atoms with Crippen molar-refractivity contribution in [2.24, 2.45) is 0 Å². The van der Waals surface area contributed by atoms with Crippen LogP contribution in [0.25, 0.3) is 0 Å². The maximum Gasteiger partial charge on any atom is 0.328 e. The van der Waals surface area contributed by atoms with E-state index in [1.807, 2.05) is 13.0 Å². The monoisotopic (exact) mass is 267 g/mol. The molecule has 19 heavy (non-hydrogen) atoms. The van der Waals surface area contributed by atoms with Crippen molar-refractivity contribution in [3.8, 4) is 5.75 Å². The smallest absolute Gasteiger partial charge is 0.328 e. The van der Waals surface area contributed by atoms with Gasteiger partial charge in [0, 0.05) is 19.2 Å². The number of carboxylic acid groups (broad SMARTS) is 1. The number of carbonyl (C=O) groups is 1. The van der Waals surface area contributed by atoms with E-state index >= 15 is 0 Å². The molecule has 0 aliphatic heterocycles. The van der Waals surface area contributed by atoms with Crippen LogP contribution in [0, 0.1) is 0 Å². The predicted octanol–water partition coefficient (Wildman–Crippen LogP) is 1.62. The second-order valence-corrected chi connectivity index (χ2v) is 4.28. The average Bonchev–Trinajstić information content (AvgIpc) is 2.39. The van der Waals surface area contributed by atoms with Crippen LogP contribution in [0.3, 0.4) is 0 Å². The van der Waals surface area contributed by atoms with Gasteiger partial charge in [0.05, 0.1) is 13.2 Å². The molecule has 0 amide bonds. The standard InChI is InChI=1S/C14H21NO4/c1-4-19-12-8-6-5-7-11(12)14(2,13(16)17)15-9-10-18-3/h5-8,15H,4,9-10H2,1-3H3,(H,16,17). The van der Waals surface area contributed by atoms with Gasteiger partial charge in [-0.1, -0.05) is 18.2 Å². The zero-order chi connectivity index (χ0) is 14.3. The van der Waals surface area contributed by atoms with Gasteiger partial charge in [-0.05, 0) is 19.9 Å². The van der Waals surface area contributed by atoms with Crippen molar-refractivity contribution in [2.45, 2.75) is 19.4 Å². The topological polar surface area (TPSA) is 67.8 Å². The number of benzene rings is 1. The number of rotatable bonds is 8. The summed E-state index contributed by atoms with van der Waals surface area (Å²) in [5, 5.41) is 12.5.